The number of aliphatic hydroxyl groups excluding tert-OH is 3. The van der Waals surface area contributed by atoms with Crippen LogP contribution < -0.4 is 30.3 Å². The quantitative estimate of drug-likeness (QED) is 0.0419. The summed E-state index contributed by atoms with van der Waals surface area (Å²) in [6, 6.07) is 10.2. The molecule has 0 saturated heterocycles. The molecule has 310 valence electrons. The first-order valence-electron chi connectivity index (χ1n) is 18.9. The molecule has 2 aliphatic heterocycles. The Hall–Kier alpha value is -4.71. The molecule has 3 unspecified atom stereocenters. The average Bonchev–Trinajstić information content (AvgIpc) is 3.83. The van der Waals surface area contributed by atoms with Gasteiger partial charge in [-0.05, 0) is 35.4 Å². The number of alkyl halides is 1. The number of halogens is 1. The van der Waals surface area contributed by atoms with Crippen molar-refractivity contribution in [1.29, 1.82) is 0 Å². The van der Waals surface area contributed by atoms with Gasteiger partial charge in [0.2, 0.25) is 11.8 Å². The first kappa shape index (κ1) is 43.4. The van der Waals surface area contributed by atoms with Gasteiger partial charge in [0.15, 0.2) is 6.29 Å². The van der Waals surface area contributed by atoms with Gasteiger partial charge >= 0.3 is 12.1 Å². The van der Waals surface area contributed by atoms with Gasteiger partial charge in [-0.3, -0.25) is 14.4 Å². The molecule has 0 radical (unpaired) electrons. The number of esters is 1. The van der Waals surface area contributed by atoms with E-state index in [9.17, 15) is 34.5 Å². The first-order valence-corrected chi connectivity index (χ1v) is 19.4. The summed E-state index contributed by atoms with van der Waals surface area (Å²) < 4.78 is 27.1. The van der Waals surface area contributed by atoms with Crippen molar-refractivity contribution >= 4 is 57.6 Å². The number of carbonyl (C=O) groups excluding carboxylic acids is 4. The van der Waals surface area contributed by atoms with Crippen LogP contribution in [0.25, 0.3) is 10.8 Å². The molecule has 16 nitrogen and oxygen atoms in total. The third-order valence-electron chi connectivity index (χ3n) is 10.1. The van der Waals surface area contributed by atoms with Crippen LogP contribution >= 0.6 is 11.6 Å². The van der Waals surface area contributed by atoms with E-state index in [1.54, 1.807) is 17.0 Å². The number of amides is 3. The molecule has 17 heteroatoms. The Morgan fingerprint density at radius 1 is 0.982 bits per heavy atom. The summed E-state index contributed by atoms with van der Waals surface area (Å²) in [7, 11) is 2.89. The van der Waals surface area contributed by atoms with Crippen LogP contribution in [0.5, 0.6) is 11.5 Å². The van der Waals surface area contributed by atoms with Gasteiger partial charge in [-0.2, -0.15) is 0 Å². The van der Waals surface area contributed by atoms with Crippen molar-refractivity contribution in [2.75, 3.05) is 63.2 Å². The highest BCUT2D eigenvalue weighted by Crippen LogP contribution is 2.47. The second-order valence-electron chi connectivity index (χ2n) is 13.7. The maximum atomic E-state index is 14.2. The number of nitrogens with one attached hydrogen (secondary N) is 3. The van der Waals surface area contributed by atoms with Crippen molar-refractivity contribution in [1.82, 2.24) is 10.6 Å². The smallest absolute Gasteiger partial charge is 0.412 e. The maximum Gasteiger partial charge on any atom is 0.412 e. The molecule has 3 aromatic rings. The third-order valence-corrected chi connectivity index (χ3v) is 10.5. The fourth-order valence-corrected chi connectivity index (χ4v) is 7.41. The summed E-state index contributed by atoms with van der Waals surface area (Å²) in [6.45, 7) is 1.29. The molecule has 0 aliphatic carbocycles. The minimum absolute atomic E-state index is 0.00515. The van der Waals surface area contributed by atoms with Crippen LogP contribution in [0.2, 0.25) is 0 Å². The van der Waals surface area contributed by atoms with E-state index in [1.165, 1.54) is 14.2 Å². The van der Waals surface area contributed by atoms with Crippen LogP contribution in [0, 0.1) is 0 Å². The monoisotopic (exact) mass is 814 g/mol. The summed E-state index contributed by atoms with van der Waals surface area (Å²) >= 11 is 6.47. The fraction of sp³-hybridized carbons (Fsp3) is 0.500. The second-order valence-corrected chi connectivity index (χ2v) is 14.0. The molecule has 6 N–H and O–H groups in total. The number of methoxy groups -OCH3 is 2. The summed E-state index contributed by atoms with van der Waals surface area (Å²) in [5.41, 5.74) is 3.71. The van der Waals surface area contributed by atoms with Crippen molar-refractivity contribution in [2.45, 2.75) is 76.6 Å². The summed E-state index contributed by atoms with van der Waals surface area (Å²) in [4.78, 5) is 53.4. The Kier molecular flexibility index (Phi) is 15.7. The Labute approximate surface area is 335 Å². The van der Waals surface area contributed by atoms with E-state index in [0.29, 0.717) is 53.0 Å². The van der Waals surface area contributed by atoms with Crippen molar-refractivity contribution in [3.8, 4) is 11.5 Å². The van der Waals surface area contributed by atoms with Gasteiger partial charge in [-0.1, -0.05) is 31.2 Å². The lowest BCUT2D eigenvalue weighted by atomic mass is 9.95. The van der Waals surface area contributed by atoms with Crippen LogP contribution in [-0.2, 0) is 48.2 Å². The third kappa shape index (κ3) is 10.2. The molecule has 0 saturated carbocycles. The Balaban J connectivity index is 1.16. The van der Waals surface area contributed by atoms with E-state index >= 15 is 0 Å². The van der Waals surface area contributed by atoms with Crippen molar-refractivity contribution in [3.05, 3.63) is 58.7 Å². The lowest BCUT2D eigenvalue weighted by Crippen LogP contribution is -2.42. The minimum atomic E-state index is -0.814. The lowest BCUT2D eigenvalue weighted by molar-refractivity contribution is -0.194. The fourth-order valence-electron chi connectivity index (χ4n) is 7.16. The molecule has 0 aromatic heterocycles. The highest BCUT2D eigenvalue weighted by Gasteiger charge is 2.40. The standard InChI is InChI=1S/C40H51ClN4O12/c1-4-25(19-46)56-36(54-3)22-55-35(50)11-7-10-34(49)42-12-13-43-40(52)57-33-16-31-37(27-9-6-5-8-26(27)33)24(17-41)18-45(31)39(51)30-14-23-15-32(53-2)28(20-47)29(21-48)38(23)44-30/h5-6,8-9,15-16,24-25,30,36,44,46-48H,4,7,10-14,17-22H2,1-3H3,(H,42,49)(H,43,52)/t24-,25?,30?,36?/m1/s1. The zero-order valence-corrected chi connectivity index (χ0v) is 33.1. The molecule has 3 aromatic carbocycles. The zero-order chi connectivity index (χ0) is 41.1. The zero-order valence-electron chi connectivity index (χ0n) is 32.3. The first-order chi connectivity index (χ1) is 27.6. The Bertz CT molecular complexity index is 1910. The molecule has 4 atom stereocenters. The van der Waals surface area contributed by atoms with E-state index in [2.05, 4.69) is 16.0 Å². The number of aliphatic hydroxyl groups is 3. The molecule has 0 spiro atoms. The van der Waals surface area contributed by atoms with Crippen LogP contribution in [0.3, 0.4) is 0 Å². The summed E-state index contributed by atoms with van der Waals surface area (Å²) in [5, 5.41) is 39.5. The number of ether oxygens (including phenoxy) is 5. The van der Waals surface area contributed by atoms with E-state index < -0.39 is 30.5 Å². The van der Waals surface area contributed by atoms with E-state index in [-0.39, 0.29) is 88.1 Å². The topological polar surface area (TPSA) is 214 Å². The normalized spacial score (nSPS) is 16.6. The van der Waals surface area contributed by atoms with E-state index in [1.807, 2.05) is 31.2 Å². The molecular formula is C40H51ClN4O12. The number of nitrogens with zero attached hydrogens (tertiary/aromatic N) is 1. The van der Waals surface area contributed by atoms with Crippen LogP contribution in [0.4, 0.5) is 16.2 Å². The van der Waals surface area contributed by atoms with Crippen molar-refractivity contribution in [3.63, 3.8) is 0 Å². The second kappa shape index (κ2) is 20.6. The van der Waals surface area contributed by atoms with E-state index in [0.717, 1.165) is 16.5 Å². The SMILES string of the molecule is CCC(CO)OC(COC(=O)CCCC(=O)NCCNC(=O)Oc1cc2c(c3ccccc13)[C@H](CCl)CN2C(=O)C1Cc2cc(OC)c(CO)c(CO)c2N1)OC. The van der Waals surface area contributed by atoms with Gasteiger partial charge in [0.1, 0.15) is 24.1 Å². The number of hydrogen-bond acceptors (Lipinski definition) is 13. The highest BCUT2D eigenvalue weighted by molar-refractivity contribution is 6.19. The number of anilines is 2. The predicted octanol–water partition coefficient (Wildman–Crippen LogP) is 3.22. The minimum Gasteiger partial charge on any atom is -0.496 e. The van der Waals surface area contributed by atoms with Crippen molar-refractivity contribution in [2.24, 2.45) is 0 Å². The molecule has 57 heavy (non-hydrogen) atoms. The predicted molar refractivity (Wildman–Crippen MR) is 211 cm³/mol. The number of carbonyl (C=O) groups is 4. The summed E-state index contributed by atoms with van der Waals surface area (Å²) in [5.74, 6) is -0.353. The number of benzene rings is 3. The molecule has 2 heterocycles. The van der Waals surface area contributed by atoms with Crippen LogP contribution in [0.15, 0.2) is 36.4 Å². The molecule has 0 fully saturated rings. The number of fused-ring (bicyclic) bond motifs is 4. The Morgan fingerprint density at radius 3 is 2.39 bits per heavy atom. The van der Waals surface area contributed by atoms with Crippen LogP contribution in [0.1, 0.15) is 60.8 Å². The Morgan fingerprint density at radius 2 is 1.72 bits per heavy atom. The number of rotatable bonds is 20. The average molecular weight is 815 g/mol. The van der Waals surface area contributed by atoms with Gasteiger partial charge in [0.25, 0.3) is 0 Å². The molecule has 5 rings (SSSR count). The van der Waals surface area contributed by atoms with Gasteiger partial charge in [0, 0.05) is 86.1 Å². The molecular weight excluding hydrogens is 764 g/mol. The van der Waals surface area contributed by atoms with Gasteiger partial charge in [-0.15, -0.1) is 11.6 Å². The molecule has 3 amide bonds. The molecule has 0 bridgehead atoms. The summed E-state index contributed by atoms with van der Waals surface area (Å²) in [6.07, 6.45) is -0.808. The van der Waals surface area contributed by atoms with Gasteiger partial charge < -0.3 is 59.9 Å². The van der Waals surface area contributed by atoms with Crippen LogP contribution in [-0.4, -0.2) is 111 Å². The highest BCUT2D eigenvalue weighted by atomic mass is 35.5. The lowest BCUT2D eigenvalue weighted by Gasteiger charge is -2.23. The largest absolute Gasteiger partial charge is 0.496 e. The van der Waals surface area contributed by atoms with Crippen molar-refractivity contribution < 1.29 is 58.2 Å². The number of hydrogen-bond donors (Lipinski definition) is 6. The molecule has 2 aliphatic rings. The maximum absolute atomic E-state index is 14.2. The van der Waals surface area contributed by atoms with E-state index in [4.69, 9.17) is 35.3 Å². The van der Waals surface area contributed by atoms with Gasteiger partial charge in [0.05, 0.1) is 38.7 Å². The van der Waals surface area contributed by atoms with Gasteiger partial charge in [-0.25, -0.2) is 4.79 Å².